The van der Waals surface area contributed by atoms with E-state index in [2.05, 4.69) is 45.5 Å². The molecule has 4 aromatic rings. The first-order chi connectivity index (χ1) is 24.5. The third-order valence-corrected chi connectivity index (χ3v) is 7.48. The van der Waals surface area contributed by atoms with Gasteiger partial charge in [0.25, 0.3) is 0 Å². The van der Waals surface area contributed by atoms with Gasteiger partial charge in [-0.15, -0.1) is 46.4 Å². The summed E-state index contributed by atoms with van der Waals surface area (Å²) in [6, 6.07) is 23.5. The minimum absolute atomic E-state index is 0.00695. The maximum atomic E-state index is 11.0. The van der Waals surface area contributed by atoms with Gasteiger partial charge >= 0.3 is 0 Å². The Morgan fingerprint density at radius 2 is 0.462 bits per heavy atom. The lowest BCUT2D eigenvalue weighted by atomic mass is 10.1. The Balaban J connectivity index is 0.000000347. The van der Waals surface area contributed by atoms with Crippen LogP contribution >= 0.6 is 46.4 Å². The van der Waals surface area contributed by atoms with Crippen LogP contribution in [0, 0.1) is 55.4 Å². The molecule has 52 heavy (non-hydrogen) atoms. The minimum Gasteiger partial charge on any atom is -0.325 e. The molecular formula is C40H48Cl4N4O4. The van der Waals surface area contributed by atoms with Crippen molar-refractivity contribution < 1.29 is 19.2 Å². The molecule has 0 heterocycles. The molecule has 0 fully saturated rings. The largest absolute Gasteiger partial charge is 0.325 e. The summed E-state index contributed by atoms with van der Waals surface area (Å²) < 4.78 is 0. The molecule has 0 aromatic heterocycles. The summed E-state index contributed by atoms with van der Waals surface area (Å²) in [6.07, 6.45) is 0. The molecule has 0 aliphatic carbocycles. The fraction of sp³-hybridized carbons (Fsp3) is 0.300. The monoisotopic (exact) mass is 788 g/mol. The fourth-order valence-electron chi connectivity index (χ4n) is 4.96. The van der Waals surface area contributed by atoms with Gasteiger partial charge in [-0.05, 0) is 148 Å². The van der Waals surface area contributed by atoms with E-state index in [-0.39, 0.29) is 47.1 Å². The number of halogens is 4. The first-order valence-electron chi connectivity index (χ1n) is 16.2. The van der Waals surface area contributed by atoms with Crippen molar-refractivity contribution in [3.05, 3.63) is 117 Å². The number of carbonyl (C=O) groups excluding carboxylic acids is 4. The average Bonchev–Trinajstić information content (AvgIpc) is 3.03. The molecule has 8 nitrogen and oxygen atoms in total. The predicted octanol–water partition coefficient (Wildman–Crippen LogP) is 9.92. The second-order valence-electron chi connectivity index (χ2n) is 12.2. The van der Waals surface area contributed by atoms with Crippen LogP contribution in [-0.2, 0) is 19.2 Å². The van der Waals surface area contributed by atoms with Crippen LogP contribution in [0.4, 0.5) is 22.7 Å². The number of hydrogen-bond acceptors (Lipinski definition) is 4. The molecule has 4 N–H and O–H groups in total. The summed E-state index contributed by atoms with van der Waals surface area (Å²) in [4.78, 5) is 43.8. The molecule has 0 saturated carbocycles. The number of amides is 4. The van der Waals surface area contributed by atoms with E-state index in [1.807, 2.05) is 104 Å². The molecule has 0 aliphatic rings. The second kappa shape index (κ2) is 24.2. The van der Waals surface area contributed by atoms with Gasteiger partial charge in [0.1, 0.15) is 23.5 Å². The van der Waals surface area contributed by atoms with Crippen LogP contribution in [0.2, 0.25) is 0 Å². The van der Waals surface area contributed by atoms with Gasteiger partial charge in [0.05, 0.1) is 0 Å². The predicted molar refractivity (Wildman–Crippen MR) is 221 cm³/mol. The van der Waals surface area contributed by atoms with Crippen molar-refractivity contribution in [2.45, 2.75) is 55.4 Å². The van der Waals surface area contributed by atoms with Gasteiger partial charge in [0, 0.05) is 22.7 Å². The van der Waals surface area contributed by atoms with Gasteiger partial charge < -0.3 is 21.3 Å². The van der Waals surface area contributed by atoms with Crippen LogP contribution in [0.25, 0.3) is 0 Å². The van der Waals surface area contributed by atoms with E-state index in [4.69, 9.17) is 46.4 Å². The Labute approximate surface area is 328 Å². The molecule has 0 spiro atoms. The minimum atomic E-state index is -0.174. The van der Waals surface area contributed by atoms with Gasteiger partial charge in [-0.25, -0.2) is 0 Å². The summed E-state index contributed by atoms with van der Waals surface area (Å²) in [7, 11) is 0. The number of hydrogen-bond donors (Lipinski definition) is 4. The number of aryl methyl sites for hydroxylation is 8. The zero-order chi connectivity index (χ0) is 39.4. The van der Waals surface area contributed by atoms with E-state index in [0.29, 0.717) is 0 Å². The number of benzene rings is 4. The van der Waals surface area contributed by atoms with Crippen molar-refractivity contribution in [2.24, 2.45) is 0 Å². The third kappa shape index (κ3) is 20.1. The SMILES string of the molecule is Cc1cc(C)cc(NC(=O)CCl)c1.Cc1cc(C)cc(NC(=O)CCl)c1.Cc1cc(C)cc(NC(=O)CCl)c1.Cc1cc(C)cc(NC(=O)CCl)c1. The van der Waals surface area contributed by atoms with Crippen LogP contribution in [-0.4, -0.2) is 47.1 Å². The van der Waals surface area contributed by atoms with Gasteiger partial charge in [-0.3, -0.25) is 19.2 Å². The standard InChI is InChI=1S/4C10H12ClNO/c4*1-7-3-8(2)5-9(4-7)12-10(13)6-11/h4*3-5H,6H2,1-2H3,(H,12,13). The zero-order valence-corrected chi connectivity index (χ0v) is 33.9. The number of alkyl halides is 4. The highest BCUT2D eigenvalue weighted by atomic mass is 35.5. The third-order valence-electron chi connectivity index (χ3n) is 6.51. The molecule has 0 aliphatic heterocycles. The maximum Gasteiger partial charge on any atom is 0.239 e. The molecule has 0 saturated heterocycles. The summed E-state index contributed by atoms with van der Waals surface area (Å²) in [6.45, 7) is 15.9. The molecule has 0 atom stereocenters. The molecule has 12 heteroatoms. The van der Waals surface area contributed by atoms with E-state index in [0.717, 1.165) is 67.3 Å². The van der Waals surface area contributed by atoms with Crippen LogP contribution in [0.15, 0.2) is 72.8 Å². The highest BCUT2D eigenvalue weighted by Gasteiger charge is 2.03. The lowest BCUT2D eigenvalue weighted by Crippen LogP contribution is -2.12. The van der Waals surface area contributed by atoms with Crippen molar-refractivity contribution in [3.8, 4) is 0 Å². The lowest BCUT2D eigenvalue weighted by Gasteiger charge is -2.05. The molecule has 4 rings (SSSR count). The summed E-state index contributed by atoms with van der Waals surface area (Å²) >= 11 is 21.5. The van der Waals surface area contributed by atoms with Gasteiger partial charge in [-0.2, -0.15) is 0 Å². The van der Waals surface area contributed by atoms with Crippen molar-refractivity contribution in [2.75, 3.05) is 44.8 Å². The number of carbonyl (C=O) groups is 4. The zero-order valence-electron chi connectivity index (χ0n) is 30.9. The molecule has 4 aromatic carbocycles. The van der Waals surface area contributed by atoms with Gasteiger partial charge in [0.15, 0.2) is 0 Å². The fourth-order valence-corrected chi connectivity index (χ4v) is 5.23. The summed E-state index contributed by atoms with van der Waals surface area (Å²) in [5.41, 5.74) is 12.3. The topological polar surface area (TPSA) is 116 Å². The van der Waals surface area contributed by atoms with Crippen molar-refractivity contribution in [1.29, 1.82) is 0 Å². The van der Waals surface area contributed by atoms with Crippen LogP contribution in [0.5, 0.6) is 0 Å². The van der Waals surface area contributed by atoms with Gasteiger partial charge in [0.2, 0.25) is 23.6 Å². The van der Waals surface area contributed by atoms with E-state index in [1.165, 1.54) is 0 Å². The van der Waals surface area contributed by atoms with E-state index in [1.54, 1.807) is 0 Å². The normalized spacial score (nSPS) is 9.77. The van der Waals surface area contributed by atoms with Crippen LogP contribution < -0.4 is 21.3 Å². The van der Waals surface area contributed by atoms with Gasteiger partial charge in [-0.1, -0.05) is 24.3 Å². The maximum absolute atomic E-state index is 11.0. The summed E-state index contributed by atoms with van der Waals surface area (Å²) in [5, 5.41) is 10.8. The molecule has 0 unspecified atom stereocenters. The van der Waals surface area contributed by atoms with E-state index < -0.39 is 0 Å². The second-order valence-corrected chi connectivity index (χ2v) is 13.3. The number of nitrogens with one attached hydrogen (secondary N) is 4. The van der Waals surface area contributed by atoms with E-state index in [9.17, 15) is 19.2 Å². The summed E-state index contributed by atoms with van der Waals surface area (Å²) in [5.74, 6) is -0.725. The number of anilines is 4. The Kier molecular flexibility index (Phi) is 21.4. The molecular weight excluding hydrogens is 742 g/mol. The highest BCUT2D eigenvalue weighted by molar-refractivity contribution is 6.30. The highest BCUT2D eigenvalue weighted by Crippen LogP contribution is 2.16. The molecule has 280 valence electrons. The smallest absolute Gasteiger partial charge is 0.239 e. The molecule has 0 bridgehead atoms. The average molecular weight is 791 g/mol. The quantitative estimate of drug-likeness (QED) is 0.133. The van der Waals surface area contributed by atoms with Crippen molar-refractivity contribution >= 4 is 92.8 Å². The number of rotatable bonds is 8. The first-order valence-corrected chi connectivity index (χ1v) is 18.4. The van der Waals surface area contributed by atoms with Crippen LogP contribution in [0.3, 0.4) is 0 Å². The van der Waals surface area contributed by atoms with Crippen LogP contribution in [0.1, 0.15) is 44.5 Å². The van der Waals surface area contributed by atoms with Crippen molar-refractivity contribution in [3.63, 3.8) is 0 Å². The first kappa shape index (κ1) is 45.9. The Morgan fingerprint density at radius 1 is 0.327 bits per heavy atom. The molecule has 0 radical (unpaired) electrons. The Hall–Kier alpha value is -4.08. The lowest BCUT2D eigenvalue weighted by molar-refractivity contribution is -0.114. The van der Waals surface area contributed by atoms with Crippen molar-refractivity contribution in [1.82, 2.24) is 0 Å². The Morgan fingerprint density at radius 3 is 0.577 bits per heavy atom. The Bertz CT molecular complexity index is 1470. The van der Waals surface area contributed by atoms with E-state index >= 15 is 0 Å². The molecule has 4 amide bonds.